The largest absolute Gasteiger partial charge is 0.457 e. The van der Waals surface area contributed by atoms with Gasteiger partial charge in [0.05, 0.1) is 22.6 Å². The first kappa shape index (κ1) is 22.2. The molecular formula is C33H24N2O4. The van der Waals surface area contributed by atoms with Gasteiger partial charge in [-0.1, -0.05) is 78.9 Å². The van der Waals surface area contributed by atoms with Gasteiger partial charge in [-0.15, -0.1) is 0 Å². The molecule has 3 aliphatic rings. The molecule has 0 aromatic heterocycles. The normalized spacial score (nSPS) is 16.2. The van der Waals surface area contributed by atoms with Crippen LogP contribution in [0.2, 0.25) is 0 Å². The van der Waals surface area contributed by atoms with Gasteiger partial charge in [-0.25, -0.2) is 0 Å². The average molecular weight is 513 g/mol. The Balaban J connectivity index is 1.41. The first-order valence-electron chi connectivity index (χ1n) is 13.0. The van der Waals surface area contributed by atoms with Crippen molar-refractivity contribution in [3.63, 3.8) is 0 Å². The number of nitrogens with one attached hydrogen (secondary N) is 1. The van der Waals surface area contributed by atoms with Crippen LogP contribution in [-0.2, 0) is 5.41 Å². The topological polar surface area (TPSA) is 52.2 Å². The van der Waals surface area contributed by atoms with Gasteiger partial charge < -0.3 is 19.1 Å². The van der Waals surface area contributed by atoms with E-state index < -0.39 is 5.41 Å². The lowest BCUT2D eigenvalue weighted by Crippen LogP contribution is -2.48. The van der Waals surface area contributed by atoms with E-state index in [0.717, 1.165) is 50.8 Å². The highest BCUT2D eigenvalue weighted by atomic mass is 17.0. The fourth-order valence-electron chi connectivity index (χ4n) is 6.08. The van der Waals surface area contributed by atoms with Crippen molar-refractivity contribution in [1.82, 2.24) is 10.8 Å². The maximum absolute atomic E-state index is 6.53. The van der Waals surface area contributed by atoms with Crippen LogP contribution in [0.25, 0.3) is 0 Å². The fraction of sp³-hybridized carbons (Fsp3) is 0.0909. The molecule has 8 rings (SSSR count). The maximum Gasteiger partial charge on any atom is 0.161 e. The van der Waals surface area contributed by atoms with Crippen molar-refractivity contribution >= 4 is 0 Å². The SMILES string of the molecule is C[C@H](NN1Oc2cccc3c2C2(c4ccccc4O3)c3ccccc3Oc3cccc(c32)O1)c1ccccc1. The van der Waals surface area contributed by atoms with E-state index in [-0.39, 0.29) is 6.04 Å². The molecule has 39 heavy (non-hydrogen) atoms. The lowest BCUT2D eigenvalue weighted by Gasteiger charge is -2.46. The second-order valence-electron chi connectivity index (χ2n) is 9.91. The summed E-state index contributed by atoms with van der Waals surface area (Å²) < 4.78 is 13.1. The van der Waals surface area contributed by atoms with E-state index in [2.05, 4.69) is 36.6 Å². The molecule has 5 aromatic carbocycles. The standard InChI is InChI=1S/C33H24N2O4/c1-21(22-11-3-2-4-12-22)34-35-38-29-19-9-17-27-31(29)33(23-13-5-7-15-25(23)36-27)24-14-6-8-16-26(24)37-28-18-10-20-30(39-35)32(28)33/h2-21,34H,1H3/t21-,33?/m0/s1. The molecule has 6 heteroatoms. The van der Waals surface area contributed by atoms with E-state index in [4.69, 9.17) is 19.1 Å². The quantitative estimate of drug-likeness (QED) is 0.265. The Bertz CT molecular complexity index is 1630. The van der Waals surface area contributed by atoms with Crippen molar-refractivity contribution in [3.05, 3.63) is 143 Å². The predicted molar refractivity (Wildman–Crippen MR) is 146 cm³/mol. The minimum absolute atomic E-state index is 0.0941. The molecule has 0 fully saturated rings. The number of para-hydroxylation sites is 2. The van der Waals surface area contributed by atoms with Gasteiger partial charge in [0.25, 0.3) is 0 Å². The summed E-state index contributed by atoms with van der Waals surface area (Å²) in [5, 5.41) is 1.34. The number of hydrazine groups is 1. The minimum Gasteiger partial charge on any atom is -0.457 e. The first-order valence-corrected chi connectivity index (χ1v) is 13.0. The number of ether oxygens (including phenoxy) is 2. The minimum atomic E-state index is -0.793. The lowest BCUT2D eigenvalue weighted by atomic mass is 9.61. The van der Waals surface area contributed by atoms with E-state index in [0.29, 0.717) is 11.5 Å². The summed E-state index contributed by atoms with van der Waals surface area (Å²) in [6.45, 7) is 2.06. The van der Waals surface area contributed by atoms with Gasteiger partial charge in [0.1, 0.15) is 28.3 Å². The third-order valence-corrected chi connectivity index (χ3v) is 7.71. The summed E-state index contributed by atoms with van der Waals surface area (Å²) in [6.07, 6.45) is 0. The molecule has 1 atom stereocenters. The van der Waals surface area contributed by atoms with Crippen LogP contribution in [0.1, 0.15) is 40.8 Å². The zero-order valence-electron chi connectivity index (χ0n) is 21.1. The Morgan fingerprint density at radius 3 is 1.56 bits per heavy atom. The van der Waals surface area contributed by atoms with Crippen LogP contribution in [0.15, 0.2) is 115 Å². The molecule has 0 saturated heterocycles. The summed E-state index contributed by atoms with van der Waals surface area (Å²) in [4.78, 5) is 13.1. The molecule has 6 nitrogen and oxygen atoms in total. The molecule has 190 valence electrons. The molecule has 0 aliphatic carbocycles. The molecule has 1 N–H and O–H groups in total. The van der Waals surface area contributed by atoms with Crippen LogP contribution in [0.3, 0.4) is 0 Å². The van der Waals surface area contributed by atoms with Crippen LogP contribution in [0, 0.1) is 0 Å². The number of rotatable bonds is 3. The second-order valence-corrected chi connectivity index (χ2v) is 9.91. The summed E-state index contributed by atoms with van der Waals surface area (Å²) in [7, 11) is 0. The fourth-order valence-corrected chi connectivity index (χ4v) is 6.08. The number of fused-ring (bicyclic) bond motifs is 2. The number of hydrogen-bond donors (Lipinski definition) is 1. The smallest absolute Gasteiger partial charge is 0.161 e. The summed E-state index contributed by atoms with van der Waals surface area (Å²) >= 11 is 0. The molecule has 0 saturated carbocycles. The summed E-state index contributed by atoms with van der Waals surface area (Å²) in [5.41, 5.74) is 7.47. The van der Waals surface area contributed by atoms with Gasteiger partial charge >= 0.3 is 0 Å². The lowest BCUT2D eigenvalue weighted by molar-refractivity contribution is -0.300. The Kier molecular flexibility index (Phi) is 4.77. The Hall–Kier alpha value is -4.78. The van der Waals surface area contributed by atoms with Crippen molar-refractivity contribution in [2.24, 2.45) is 0 Å². The predicted octanol–water partition coefficient (Wildman–Crippen LogP) is 7.45. The van der Waals surface area contributed by atoms with E-state index >= 15 is 0 Å². The molecule has 0 bridgehead atoms. The monoisotopic (exact) mass is 512 g/mol. The zero-order valence-corrected chi connectivity index (χ0v) is 21.1. The van der Waals surface area contributed by atoms with Gasteiger partial charge in [-0.2, -0.15) is 5.43 Å². The van der Waals surface area contributed by atoms with E-state index in [1.807, 2.05) is 91.0 Å². The first-order chi connectivity index (χ1) is 19.2. The highest BCUT2D eigenvalue weighted by Gasteiger charge is 2.55. The van der Waals surface area contributed by atoms with Crippen molar-refractivity contribution in [3.8, 4) is 34.5 Å². The molecule has 0 amide bonds. The number of benzene rings is 5. The van der Waals surface area contributed by atoms with Crippen molar-refractivity contribution < 1.29 is 19.1 Å². The van der Waals surface area contributed by atoms with Crippen LogP contribution < -0.4 is 24.6 Å². The molecule has 1 spiro atoms. The van der Waals surface area contributed by atoms with Crippen LogP contribution in [0.4, 0.5) is 0 Å². The number of nitrogens with zero attached hydrogens (tertiary/aromatic N) is 1. The van der Waals surface area contributed by atoms with E-state index in [9.17, 15) is 0 Å². The molecule has 5 aromatic rings. The van der Waals surface area contributed by atoms with Gasteiger partial charge in [0.2, 0.25) is 0 Å². The summed E-state index contributed by atoms with van der Waals surface area (Å²) in [6, 6.07) is 38.2. The van der Waals surface area contributed by atoms with E-state index in [1.165, 1.54) is 5.34 Å². The third kappa shape index (κ3) is 3.16. The Morgan fingerprint density at radius 2 is 1.00 bits per heavy atom. The molecule has 3 heterocycles. The number of hydrogen-bond acceptors (Lipinski definition) is 6. The third-order valence-electron chi connectivity index (χ3n) is 7.71. The summed E-state index contributed by atoms with van der Waals surface area (Å²) in [5.74, 6) is 4.25. The van der Waals surface area contributed by atoms with Gasteiger partial charge in [0.15, 0.2) is 11.5 Å². The average Bonchev–Trinajstić information content (AvgIpc) is 2.97. The van der Waals surface area contributed by atoms with Crippen LogP contribution in [-0.4, -0.2) is 5.34 Å². The molecule has 3 aliphatic heterocycles. The molecule has 0 unspecified atom stereocenters. The Morgan fingerprint density at radius 1 is 0.538 bits per heavy atom. The highest BCUT2D eigenvalue weighted by Crippen LogP contribution is 2.65. The van der Waals surface area contributed by atoms with Gasteiger partial charge in [-0.05, 0) is 48.9 Å². The second kappa shape index (κ2) is 8.36. The zero-order chi connectivity index (χ0) is 26.0. The molecule has 0 radical (unpaired) electrons. The van der Waals surface area contributed by atoms with Crippen molar-refractivity contribution in [1.29, 1.82) is 0 Å². The van der Waals surface area contributed by atoms with Crippen LogP contribution >= 0.6 is 0 Å². The Labute approximate surface area is 225 Å². The van der Waals surface area contributed by atoms with Crippen molar-refractivity contribution in [2.75, 3.05) is 0 Å². The van der Waals surface area contributed by atoms with Gasteiger partial charge in [0, 0.05) is 11.1 Å². The molecular weight excluding hydrogens is 488 g/mol. The van der Waals surface area contributed by atoms with Crippen LogP contribution in [0.5, 0.6) is 34.5 Å². The van der Waals surface area contributed by atoms with E-state index in [1.54, 1.807) is 0 Å². The highest BCUT2D eigenvalue weighted by molar-refractivity contribution is 5.79. The van der Waals surface area contributed by atoms with Gasteiger partial charge in [-0.3, -0.25) is 0 Å². The maximum atomic E-state index is 6.53. The van der Waals surface area contributed by atoms with Crippen molar-refractivity contribution in [2.45, 2.75) is 18.4 Å².